The number of rotatable bonds is 4. The van der Waals surface area contributed by atoms with Crippen LogP contribution in [0.2, 0.25) is 0 Å². The Morgan fingerprint density at radius 3 is 2.56 bits per heavy atom. The van der Waals surface area contributed by atoms with Crippen LogP contribution >= 0.6 is 0 Å². The van der Waals surface area contributed by atoms with Gasteiger partial charge in [-0.15, -0.1) is 6.58 Å². The molecule has 49 valence electrons. The third-order valence-electron chi connectivity index (χ3n) is 0.946. The molecular weight excluding hydrogens is 112 g/mol. The lowest BCUT2D eigenvalue weighted by molar-refractivity contribution is -0.114. The first kappa shape index (κ1) is 8.15. The summed E-state index contributed by atoms with van der Waals surface area (Å²) >= 11 is 0. The Morgan fingerprint density at radius 1 is 1.67 bits per heavy atom. The molecule has 0 N–H and O–H groups in total. The third kappa shape index (κ3) is 3.71. The van der Waals surface area contributed by atoms with Crippen molar-refractivity contribution in [2.75, 3.05) is 0 Å². The van der Waals surface area contributed by atoms with Gasteiger partial charge in [-0.2, -0.15) is 0 Å². The highest BCUT2D eigenvalue weighted by Gasteiger charge is 1.98. The summed E-state index contributed by atoms with van der Waals surface area (Å²) < 4.78 is 0. The normalized spacial score (nSPS) is 8.56. The highest BCUT2D eigenvalue weighted by molar-refractivity contribution is 5.94. The number of hydrogen-bond acceptors (Lipinski definition) is 1. The van der Waals surface area contributed by atoms with Crippen LogP contribution in [0.25, 0.3) is 0 Å². The van der Waals surface area contributed by atoms with Crippen LogP contribution in [0.5, 0.6) is 0 Å². The Bertz CT molecular complexity index is 134. The average Bonchev–Trinajstić information content (AvgIpc) is 1.82. The lowest BCUT2D eigenvalue weighted by Crippen LogP contribution is -1.96. The topological polar surface area (TPSA) is 17.1 Å². The Balaban J connectivity index is 3.51. The Hall–Kier alpha value is -0.850. The van der Waals surface area contributed by atoms with Gasteiger partial charge in [0, 0.05) is 6.42 Å². The Labute approximate surface area is 56.1 Å². The SMILES string of the molecule is C=C[CH]CC(=O)C(=C)C. The smallest absolute Gasteiger partial charge is 0.158 e. The molecule has 0 aromatic rings. The first-order valence-corrected chi connectivity index (χ1v) is 2.81. The van der Waals surface area contributed by atoms with Crippen LogP contribution in [-0.4, -0.2) is 5.78 Å². The van der Waals surface area contributed by atoms with E-state index in [1.54, 1.807) is 19.4 Å². The summed E-state index contributed by atoms with van der Waals surface area (Å²) in [6.45, 7) is 8.67. The lowest BCUT2D eigenvalue weighted by Gasteiger charge is -1.92. The van der Waals surface area contributed by atoms with E-state index >= 15 is 0 Å². The minimum absolute atomic E-state index is 0.0786. The molecule has 0 aliphatic rings. The maximum Gasteiger partial charge on any atom is 0.158 e. The van der Waals surface area contributed by atoms with E-state index < -0.39 is 0 Å². The van der Waals surface area contributed by atoms with Crippen LogP contribution in [0.3, 0.4) is 0 Å². The van der Waals surface area contributed by atoms with E-state index in [1.807, 2.05) is 0 Å². The van der Waals surface area contributed by atoms with Gasteiger partial charge in [0.05, 0.1) is 0 Å². The molecule has 0 rings (SSSR count). The molecule has 0 aromatic heterocycles. The van der Waals surface area contributed by atoms with E-state index in [4.69, 9.17) is 0 Å². The largest absolute Gasteiger partial charge is 0.295 e. The van der Waals surface area contributed by atoms with Crippen LogP contribution in [0, 0.1) is 6.42 Å². The second-order valence-corrected chi connectivity index (χ2v) is 1.88. The first-order valence-electron chi connectivity index (χ1n) is 2.81. The van der Waals surface area contributed by atoms with Crippen molar-refractivity contribution in [2.24, 2.45) is 0 Å². The Kier molecular flexibility index (Phi) is 3.69. The van der Waals surface area contributed by atoms with E-state index in [2.05, 4.69) is 13.2 Å². The molecule has 9 heavy (non-hydrogen) atoms. The van der Waals surface area contributed by atoms with Crippen molar-refractivity contribution in [1.29, 1.82) is 0 Å². The molecule has 0 aromatic carbocycles. The van der Waals surface area contributed by atoms with Crippen LogP contribution < -0.4 is 0 Å². The van der Waals surface area contributed by atoms with Gasteiger partial charge < -0.3 is 0 Å². The van der Waals surface area contributed by atoms with Crippen molar-refractivity contribution in [1.82, 2.24) is 0 Å². The standard InChI is InChI=1S/C8H11O/c1-4-5-6-8(9)7(2)3/h4-5H,1-2,6H2,3H3. The molecule has 1 radical (unpaired) electrons. The maximum atomic E-state index is 10.7. The number of hydrogen-bond donors (Lipinski definition) is 0. The summed E-state index contributed by atoms with van der Waals surface area (Å²) in [6, 6.07) is 0. The van der Waals surface area contributed by atoms with Crippen molar-refractivity contribution in [3.63, 3.8) is 0 Å². The third-order valence-corrected chi connectivity index (χ3v) is 0.946. The van der Waals surface area contributed by atoms with E-state index in [9.17, 15) is 4.79 Å². The molecular formula is C8H11O. The fourth-order valence-corrected chi connectivity index (χ4v) is 0.365. The van der Waals surface area contributed by atoms with E-state index in [0.717, 1.165) is 0 Å². The molecule has 0 atom stereocenters. The van der Waals surface area contributed by atoms with E-state index in [1.165, 1.54) is 0 Å². The summed E-state index contributed by atoms with van der Waals surface area (Å²) in [7, 11) is 0. The molecule has 0 amide bonds. The van der Waals surface area contributed by atoms with Gasteiger partial charge in [-0.1, -0.05) is 12.7 Å². The van der Waals surface area contributed by atoms with Gasteiger partial charge in [-0.05, 0) is 18.9 Å². The highest BCUT2D eigenvalue weighted by Crippen LogP contribution is 1.97. The quantitative estimate of drug-likeness (QED) is 0.522. The average molecular weight is 123 g/mol. The number of allylic oxidation sites excluding steroid dienone is 2. The predicted molar refractivity (Wildman–Crippen MR) is 38.9 cm³/mol. The number of Topliss-reactive ketones (excluding diaryl/α,β-unsaturated/α-hetero) is 1. The number of carbonyl (C=O) groups excluding carboxylic acids is 1. The molecule has 0 aliphatic carbocycles. The van der Waals surface area contributed by atoms with E-state index in [-0.39, 0.29) is 5.78 Å². The monoisotopic (exact) mass is 123 g/mol. The van der Waals surface area contributed by atoms with Gasteiger partial charge in [0.25, 0.3) is 0 Å². The van der Waals surface area contributed by atoms with Crippen LogP contribution in [0.4, 0.5) is 0 Å². The van der Waals surface area contributed by atoms with Gasteiger partial charge in [0.2, 0.25) is 0 Å². The van der Waals surface area contributed by atoms with Crippen LogP contribution in [-0.2, 0) is 4.79 Å². The zero-order chi connectivity index (χ0) is 7.28. The zero-order valence-electron chi connectivity index (χ0n) is 5.68. The molecule has 0 saturated heterocycles. The first-order chi connectivity index (χ1) is 4.18. The minimum atomic E-state index is 0.0786. The molecule has 0 unspecified atom stereocenters. The minimum Gasteiger partial charge on any atom is -0.295 e. The molecule has 0 saturated carbocycles. The van der Waals surface area contributed by atoms with Gasteiger partial charge in [0.1, 0.15) is 0 Å². The molecule has 0 aliphatic heterocycles. The van der Waals surface area contributed by atoms with Gasteiger partial charge in [-0.3, -0.25) is 4.79 Å². The summed E-state index contributed by atoms with van der Waals surface area (Å²) in [6.07, 6.45) is 3.76. The molecule has 1 heteroatoms. The maximum absolute atomic E-state index is 10.7. The summed E-state index contributed by atoms with van der Waals surface area (Å²) in [5.41, 5.74) is 0.605. The van der Waals surface area contributed by atoms with Crippen molar-refractivity contribution in [3.8, 4) is 0 Å². The zero-order valence-corrected chi connectivity index (χ0v) is 5.68. The molecule has 0 bridgehead atoms. The highest BCUT2D eigenvalue weighted by atomic mass is 16.1. The number of ketones is 1. The van der Waals surface area contributed by atoms with Crippen molar-refractivity contribution in [3.05, 3.63) is 31.2 Å². The second-order valence-electron chi connectivity index (χ2n) is 1.88. The Morgan fingerprint density at radius 2 is 2.22 bits per heavy atom. The summed E-state index contributed by atoms with van der Waals surface area (Å²) in [4.78, 5) is 10.7. The number of carbonyl (C=O) groups is 1. The van der Waals surface area contributed by atoms with Crippen LogP contribution in [0.1, 0.15) is 13.3 Å². The van der Waals surface area contributed by atoms with Gasteiger partial charge in [-0.25, -0.2) is 0 Å². The van der Waals surface area contributed by atoms with Crippen molar-refractivity contribution >= 4 is 5.78 Å². The fourth-order valence-electron chi connectivity index (χ4n) is 0.365. The summed E-state index contributed by atoms with van der Waals surface area (Å²) in [5.74, 6) is 0.0786. The van der Waals surface area contributed by atoms with Gasteiger partial charge in [0.15, 0.2) is 5.78 Å². The van der Waals surface area contributed by atoms with Crippen molar-refractivity contribution in [2.45, 2.75) is 13.3 Å². The molecule has 0 spiro atoms. The van der Waals surface area contributed by atoms with Crippen LogP contribution in [0.15, 0.2) is 24.8 Å². The molecule has 1 nitrogen and oxygen atoms in total. The second kappa shape index (κ2) is 4.07. The van der Waals surface area contributed by atoms with E-state index in [0.29, 0.717) is 12.0 Å². The van der Waals surface area contributed by atoms with Gasteiger partial charge >= 0.3 is 0 Å². The molecule has 0 fully saturated rings. The molecule has 0 heterocycles. The summed E-state index contributed by atoms with van der Waals surface area (Å²) in [5, 5.41) is 0. The van der Waals surface area contributed by atoms with Crippen molar-refractivity contribution < 1.29 is 4.79 Å². The fraction of sp³-hybridized carbons (Fsp3) is 0.250. The predicted octanol–water partition coefficient (Wildman–Crippen LogP) is 1.91. The lowest BCUT2D eigenvalue weighted by atomic mass is 10.1.